The monoisotopic (exact) mass is 324 g/mol. The SMILES string of the molecule is Cc1cc(C)nc(NNC(=O)c2sccc2-c2ccccc2)n1. The number of aromatic nitrogens is 2. The summed E-state index contributed by atoms with van der Waals surface area (Å²) in [7, 11) is 0. The number of hydrogen-bond donors (Lipinski definition) is 2. The van der Waals surface area contributed by atoms with Gasteiger partial charge in [-0.2, -0.15) is 0 Å². The summed E-state index contributed by atoms with van der Waals surface area (Å²) in [6, 6.07) is 13.7. The number of nitrogens with zero attached hydrogens (tertiary/aromatic N) is 2. The predicted molar refractivity (Wildman–Crippen MR) is 92.3 cm³/mol. The van der Waals surface area contributed by atoms with E-state index in [9.17, 15) is 4.79 Å². The van der Waals surface area contributed by atoms with Crippen molar-refractivity contribution in [2.75, 3.05) is 5.43 Å². The van der Waals surface area contributed by atoms with Crippen molar-refractivity contribution in [3.63, 3.8) is 0 Å². The molecule has 1 amide bonds. The van der Waals surface area contributed by atoms with E-state index in [4.69, 9.17) is 0 Å². The lowest BCUT2D eigenvalue weighted by Gasteiger charge is -2.09. The first-order valence-corrected chi connectivity index (χ1v) is 8.03. The summed E-state index contributed by atoms with van der Waals surface area (Å²) in [5.74, 6) is 0.176. The van der Waals surface area contributed by atoms with Gasteiger partial charge >= 0.3 is 0 Å². The fraction of sp³-hybridized carbons (Fsp3) is 0.118. The lowest BCUT2D eigenvalue weighted by atomic mass is 10.1. The highest BCUT2D eigenvalue weighted by Gasteiger charge is 2.14. The van der Waals surface area contributed by atoms with Crippen LogP contribution in [-0.4, -0.2) is 15.9 Å². The minimum Gasteiger partial charge on any atom is -0.266 e. The van der Waals surface area contributed by atoms with Gasteiger partial charge in [-0.1, -0.05) is 30.3 Å². The van der Waals surface area contributed by atoms with Crippen molar-refractivity contribution >= 4 is 23.2 Å². The highest BCUT2D eigenvalue weighted by atomic mass is 32.1. The summed E-state index contributed by atoms with van der Waals surface area (Å²) in [5.41, 5.74) is 9.05. The number of carbonyl (C=O) groups excluding carboxylic acids is 1. The average Bonchev–Trinajstić information content (AvgIpc) is 3.02. The lowest BCUT2D eigenvalue weighted by Crippen LogP contribution is -2.30. The minimum absolute atomic E-state index is 0.207. The molecule has 2 aromatic heterocycles. The highest BCUT2D eigenvalue weighted by molar-refractivity contribution is 7.12. The van der Waals surface area contributed by atoms with Crippen LogP contribution in [0.15, 0.2) is 47.8 Å². The second-order valence-electron chi connectivity index (χ2n) is 5.08. The normalized spacial score (nSPS) is 10.3. The highest BCUT2D eigenvalue weighted by Crippen LogP contribution is 2.27. The molecule has 0 atom stereocenters. The van der Waals surface area contributed by atoms with Crippen molar-refractivity contribution in [3.05, 3.63) is 64.1 Å². The molecule has 2 heterocycles. The Morgan fingerprint density at radius 1 is 1.04 bits per heavy atom. The summed E-state index contributed by atoms with van der Waals surface area (Å²) in [6.07, 6.45) is 0. The molecule has 1 aromatic carbocycles. The summed E-state index contributed by atoms with van der Waals surface area (Å²) in [5, 5.41) is 1.91. The number of amides is 1. The molecule has 3 aromatic rings. The van der Waals surface area contributed by atoms with Crippen LogP contribution in [0.4, 0.5) is 5.95 Å². The quantitative estimate of drug-likeness (QED) is 0.720. The van der Waals surface area contributed by atoms with Gasteiger partial charge in [0.15, 0.2) is 0 Å². The molecule has 0 radical (unpaired) electrons. The van der Waals surface area contributed by atoms with E-state index in [0.29, 0.717) is 10.8 Å². The van der Waals surface area contributed by atoms with Crippen LogP contribution in [0.25, 0.3) is 11.1 Å². The molecule has 3 rings (SSSR count). The predicted octanol–water partition coefficient (Wildman–Crippen LogP) is 3.58. The Kier molecular flexibility index (Phi) is 4.34. The van der Waals surface area contributed by atoms with Crippen LogP contribution < -0.4 is 10.9 Å². The van der Waals surface area contributed by atoms with Crippen LogP contribution in [0.1, 0.15) is 21.1 Å². The summed E-state index contributed by atoms with van der Waals surface area (Å²) < 4.78 is 0. The fourth-order valence-electron chi connectivity index (χ4n) is 2.28. The van der Waals surface area contributed by atoms with Crippen molar-refractivity contribution < 1.29 is 4.79 Å². The maximum absolute atomic E-state index is 12.4. The molecule has 2 N–H and O–H groups in total. The molecule has 0 fully saturated rings. The van der Waals surface area contributed by atoms with E-state index in [0.717, 1.165) is 22.5 Å². The first-order chi connectivity index (χ1) is 11.1. The molecular weight excluding hydrogens is 308 g/mol. The maximum atomic E-state index is 12.4. The molecular formula is C17H16N4OS. The number of hydrazine groups is 1. The van der Waals surface area contributed by atoms with Crippen molar-refractivity contribution in [3.8, 4) is 11.1 Å². The second kappa shape index (κ2) is 6.58. The van der Waals surface area contributed by atoms with Gasteiger partial charge < -0.3 is 0 Å². The summed E-state index contributed by atoms with van der Waals surface area (Å²) in [4.78, 5) is 21.5. The smallest absolute Gasteiger partial charge is 0.266 e. The Bertz CT molecular complexity index is 809. The zero-order chi connectivity index (χ0) is 16.2. The fourth-order valence-corrected chi connectivity index (χ4v) is 3.09. The number of benzene rings is 1. The largest absolute Gasteiger partial charge is 0.280 e. The van der Waals surface area contributed by atoms with Gasteiger partial charge in [0.1, 0.15) is 4.88 Å². The van der Waals surface area contributed by atoms with Gasteiger partial charge in [-0.25, -0.2) is 9.97 Å². The zero-order valence-electron chi connectivity index (χ0n) is 12.8. The number of thiophene rings is 1. The topological polar surface area (TPSA) is 66.9 Å². The lowest BCUT2D eigenvalue weighted by molar-refractivity contribution is 0.0967. The van der Waals surface area contributed by atoms with Crippen LogP contribution in [0, 0.1) is 13.8 Å². The Balaban J connectivity index is 1.76. The average molecular weight is 324 g/mol. The summed E-state index contributed by atoms with van der Waals surface area (Å²) in [6.45, 7) is 3.77. The van der Waals surface area contributed by atoms with Crippen LogP contribution in [0.2, 0.25) is 0 Å². The van der Waals surface area contributed by atoms with Crippen LogP contribution in [-0.2, 0) is 0 Å². The standard InChI is InChI=1S/C17H16N4OS/c1-11-10-12(2)19-17(18-11)21-20-16(22)15-14(8-9-23-15)13-6-4-3-5-7-13/h3-10H,1-2H3,(H,20,22)(H,18,19,21). The number of hydrogen-bond acceptors (Lipinski definition) is 5. The minimum atomic E-state index is -0.207. The van der Waals surface area contributed by atoms with Gasteiger partial charge in [0, 0.05) is 17.0 Å². The van der Waals surface area contributed by atoms with E-state index in [2.05, 4.69) is 20.8 Å². The Hall–Kier alpha value is -2.73. The Morgan fingerprint density at radius 3 is 2.43 bits per heavy atom. The van der Waals surface area contributed by atoms with Gasteiger partial charge in [0.05, 0.1) is 0 Å². The molecule has 116 valence electrons. The van der Waals surface area contributed by atoms with Gasteiger partial charge in [-0.15, -0.1) is 11.3 Å². The maximum Gasteiger partial charge on any atom is 0.280 e. The van der Waals surface area contributed by atoms with E-state index in [1.165, 1.54) is 11.3 Å². The number of anilines is 1. The van der Waals surface area contributed by atoms with Crippen LogP contribution in [0.3, 0.4) is 0 Å². The Labute approximate surface area is 138 Å². The molecule has 0 spiro atoms. The van der Waals surface area contributed by atoms with Crippen molar-refractivity contribution in [2.45, 2.75) is 13.8 Å². The molecule has 0 aliphatic heterocycles. The van der Waals surface area contributed by atoms with E-state index < -0.39 is 0 Å². The van der Waals surface area contributed by atoms with Gasteiger partial charge in [0.25, 0.3) is 5.91 Å². The molecule has 0 saturated heterocycles. The molecule has 23 heavy (non-hydrogen) atoms. The molecule has 0 bridgehead atoms. The van der Waals surface area contributed by atoms with E-state index in [1.54, 1.807) is 0 Å². The molecule has 0 aliphatic rings. The third kappa shape index (κ3) is 3.54. The second-order valence-corrected chi connectivity index (χ2v) is 6.00. The third-order valence-electron chi connectivity index (χ3n) is 3.23. The van der Waals surface area contributed by atoms with Gasteiger partial charge in [-0.05, 0) is 36.9 Å². The van der Waals surface area contributed by atoms with Crippen LogP contribution >= 0.6 is 11.3 Å². The first kappa shape index (κ1) is 15.2. The molecule has 0 aliphatic carbocycles. The number of nitrogens with one attached hydrogen (secondary N) is 2. The Morgan fingerprint density at radius 2 is 1.74 bits per heavy atom. The van der Waals surface area contributed by atoms with Crippen molar-refractivity contribution in [2.24, 2.45) is 0 Å². The molecule has 0 saturated carbocycles. The van der Waals surface area contributed by atoms with Crippen molar-refractivity contribution in [1.82, 2.24) is 15.4 Å². The summed E-state index contributed by atoms with van der Waals surface area (Å²) >= 11 is 1.40. The van der Waals surface area contributed by atoms with E-state index >= 15 is 0 Å². The molecule has 6 heteroatoms. The van der Waals surface area contributed by atoms with Gasteiger partial charge in [-0.3, -0.25) is 15.6 Å². The molecule has 5 nitrogen and oxygen atoms in total. The van der Waals surface area contributed by atoms with E-state index in [1.807, 2.05) is 61.7 Å². The molecule has 0 unspecified atom stereocenters. The third-order valence-corrected chi connectivity index (χ3v) is 4.14. The number of rotatable bonds is 4. The number of carbonyl (C=O) groups is 1. The van der Waals surface area contributed by atoms with Crippen molar-refractivity contribution in [1.29, 1.82) is 0 Å². The number of aryl methyl sites for hydroxylation is 2. The van der Waals surface area contributed by atoms with Gasteiger partial charge in [0.2, 0.25) is 5.95 Å². The zero-order valence-corrected chi connectivity index (χ0v) is 13.6. The first-order valence-electron chi connectivity index (χ1n) is 7.15. The van der Waals surface area contributed by atoms with Crippen LogP contribution in [0.5, 0.6) is 0 Å². The van der Waals surface area contributed by atoms with E-state index in [-0.39, 0.29) is 5.91 Å².